The Hall–Kier alpha value is -3.19. The lowest BCUT2D eigenvalue weighted by Gasteiger charge is -2.44. The Morgan fingerprint density at radius 3 is 2.45 bits per heavy atom. The zero-order valence-corrected chi connectivity index (χ0v) is 16.0. The fourth-order valence-corrected chi connectivity index (χ4v) is 4.70. The van der Waals surface area contributed by atoms with E-state index in [4.69, 9.17) is 5.73 Å². The Labute approximate surface area is 168 Å². The maximum atomic E-state index is 12.5. The molecule has 2 aromatic carbocycles. The van der Waals surface area contributed by atoms with Crippen LogP contribution in [0.5, 0.6) is 0 Å². The summed E-state index contributed by atoms with van der Waals surface area (Å²) in [6.45, 7) is 3.15. The standard InChI is InChI=1S/C22H22N4O3/c23-22(28)29-21(27)20-17-7-6-16(14-4-2-1-3-5-14)12-18(17)26(24-20)19-13-25-10-8-15(19)9-11-25/h1-7,12,15,19H,8-11,13H2,(H2,23,28)/t19-/m1/s1. The number of hydrogen-bond donors (Lipinski definition) is 1. The van der Waals surface area contributed by atoms with Crippen molar-refractivity contribution in [1.82, 2.24) is 14.7 Å². The summed E-state index contributed by atoms with van der Waals surface area (Å²) >= 11 is 0. The van der Waals surface area contributed by atoms with Crippen LogP contribution in [0.15, 0.2) is 48.5 Å². The topological polar surface area (TPSA) is 90.5 Å². The van der Waals surface area contributed by atoms with Gasteiger partial charge in [-0.1, -0.05) is 36.4 Å². The maximum Gasteiger partial charge on any atom is 0.412 e. The van der Waals surface area contributed by atoms with Gasteiger partial charge in [-0.15, -0.1) is 0 Å². The summed E-state index contributed by atoms with van der Waals surface area (Å²) in [7, 11) is 0. The van der Waals surface area contributed by atoms with Crippen LogP contribution >= 0.6 is 0 Å². The highest BCUT2D eigenvalue weighted by atomic mass is 16.6. The van der Waals surface area contributed by atoms with Gasteiger partial charge in [-0.25, -0.2) is 9.59 Å². The van der Waals surface area contributed by atoms with Crippen molar-refractivity contribution in [2.45, 2.75) is 18.9 Å². The molecule has 3 aromatic rings. The van der Waals surface area contributed by atoms with Crippen LogP contribution in [0.4, 0.5) is 4.79 Å². The molecule has 1 atom stereocenters. The number of fused-ring (bicyclic) bond motifs is 4. The summed E-state index contributed by atoms with van der Waals surface area (Å²) in [6.07, 6.45) is 1.14. The molecule has 3 aliphatic heterocycles. The number of esters is 1. The van der Waals surface area contributed by atoms with Gasteiger partial charge in [0.2, 0.25) is 0 Å². The number of aromatic nitrogens is 2. The molecule has 1 amide bonds. The first kappa shape index (κ1) is 17.9. The van der Waals surface area contributed by atoms with Gasteiger partial charge in [-0.2, -0.15) is 5.10 Å². The molecule has 148 valence electrons. The fourth-order valence-electron chi connectivity index (χ4n) is 4.70. The van der Waals surface area contributed by atoms with Gasteiger partial charge in [0, 0.05) is 11.9 Å². The van der Waals surface area contributed by atoms with Crippen LogP contribution in [0.25, 0.3) is 22.0 Å². The normalized spacial score (nSPS) is 23.2. The van der Waals surface area contributed by atoms with E-state index >= 15 is 0 Å². The van der Waals surface area contributed by atoms with E-state index in [2.05, 4.69) is 32.9 Å². The van der Waals surface area contributed by atoms with E-state index in [0.717, 1.165) is 49.1 Å². The zero-order chi connectivity index (χ0) is 20.0. The quantitative estimate of drug-likeness (QED) is 0.548. The zero-order valence-electron chi connectivity index (χ0n) is 16.0. The first-order valence-electron chi connectivity index (χ1n) is 9.92. The molecule has 7 heteroatoms. The number of nitrogens with two attached hydrogens (primary N) is 1. The van der Waals surface area contributed by atoms with Crippen LogP contribution in [-0.4, -0.2) is 46.4 Å². The number of nitrogens with zero attached hydrogens (tertiary/aromatic N) is 3. The SMILES string of the molecule is NC(=O)OC(=O)c1nn([C@@H]2CN3CCC2CC3)c2cc(-c3ccccc3)ccc12. The molecule has 0 radical (unpaired) electrons. The summed E-state index contributed by atoms with van der Waals surface area (Å²) < 4.78 is 6.60. The van der Waals surface area contributed by atoms with Crippen molar-refractivity contribution < 1.29 is 14.3 Å². The Morgan fingerprint density at radius 1 is 1.03 bits per heavy atom. The number of carbonyl (C=O) groups is 2. The van der Waals surface area contributed by atoms with E-state index in [1.165, 1.54) is 0 Å². The van der Waals surface area contributed by atoms with E-state index in [9.17, 15) is 9.59 Å². The third-order valence-electron chi connectivity index (χ3n) is 6.14. The molecular formula is C22H22N4O3. The van der Waals surface area contributed by atoms with Crippen LogP contribution in [0.1, 0.15) is 29.4 Å². The number of rotatable bonds is 3. The Morgan fingerprint density at radius 2 is 1.79 bits per heavy atom. The molecule has 3 fully saturated rings. The number of carbonyl (C=O) groups excluding carboxylic acids is 2. The molecule has 6 rings (SSSR count). The van der Waals surface area contributed by atoms with Gasteiger partial charge in [-0.05, 0) is 55.1 Å². The minimum absolute atomic E-state index is 0.134. The maximum absolute atomic E-state index is 12.5. The first-order valence-corrected chi connectivity index (χ1v) is 9.92. The van der Waals surface area contributed by atoms with Crippen molar-refractivity contribution in [3.05, 3.63) is 54.2 Å². The Balaban J connectivity index is 1.65. The molecule has 3 saturated heterocycles. The van der Waals surface area contributed by atoms with Crippen LogP contribution < -0.4 is 5.73 Å². The number of hydrogen-bond acceptors (Lipinski definition) is 5. The third-order valence-corrected chi connectivity index (χ3v) is 6.14. The first-order chi connectivity index (χ1) is 14.1. The van der Waals surface area contributed by atoms with Crippen molar-refractivity contribution in [3.63, 3.8) is 0 Å². The summed E-state index contributed by atoms with van der Waals surface area (Å²) in [5.74, 6) is -0.279. The number of primary amides is 1. The smallest absolute Gasteiger partial charge is 0.371 e. The van der Waals surface area contributed by atoms with Crippen molar-refractivity contribution in [2.75, 3.05) is 19.6 Å². The van der Waals surface area contributed by atoms with Crippen LogP contribution in [0, 0.1) is 5.92 Å². The number of ether oxygens (including phenoxy) is 1. The second kappa shape index (κ2) is 7.00. The van der Waals surface area contributed by atoms with Crippen molar-refractivity contribution in [1.29, 1.82) is 0 Å². The molecule has 3 aliphatic rings. The van der Waals surface area contributed by atoms with Gasteiger partial charge in [-0.3, -0.25) is 4.68 Å². The minimum Gasteiger partial charge on any atom is -0.371 e. The predicted molar refractivity (Wildman–Crippen MR) is 108 cm³/mol. The van der Waals surface area contributed by atoms with Gasteiger partial charge >= 0.3 is 12.1 Å². The second-order valence-electron chi connectivity index (χ2n) is 7.81. The Kier molecular flexibility index (Phi) is 4.32. The van der Waals surface area contributed by atoms with E-state index in [0.29, 0.717) is 11.3 Å². The monoisotopic (exact) mass is 390 g/mol. The van der Waals surface area contributed by atoms with Gasteiger partial charge < -0.3 is 15.4 Å². The highest BCUT2D eigenvalue weighted by Crippen LogP contribution is 2.38. The summed E-state index contributed by atoms with van der Waals surface area (Å²) in [5, 5.41) is 5.30. The molecule has 4 heterocycles. The summed E-state index contributed by atoms with van der Waals surface area (Å²) in [5.41, 5.74) is 8.21. The van der Waals surface area contributed by atoms with Gasteiger partial charge in [0.05, 0.1) is 11.6 Å². The summed E-state index contributed by atoms with van der Waals surface area (Å²) in [4.78, 5) is 26.0. The van der Waals surface area contributed by atoms with Gasteiger partial charge in [0.1, 0.15) is 0 Å². The molecule has 2 N–H and O–H groups in total. The molecule has 0 saturated carbocycles. The van der Waals surface area contributed by atoms with E-state index < -0.39 is 12.1 Å². The highest BCUT2D eigenvalue weighted by Gasteiger charge is 2.37. The average molecular weight is 390 g/mol. The number of piperidine rings is 3. The predicted octanol–water partition coefficient (Wildman–Crippen LogP) is 3.21. The van der Waals surface area contributed by atoms with E-state index in [1.54, 1.807) is 0 Å². The molecular weight excluding hydrogens is 368 g/mol. The van der Waals surface area contributed by atoms with Gasteiger partial charge in [0.25, 0.3) is 0 Å². The number of amides is 1. The minimum atomic E-state index is -1.12. The molecule has 0 unspecified atom stereocenters. The van der Waals surface area contributed by atoms with Crippen LogP contribution in [-0.2, 0) is 4.74 Å². The molecule has 7 nitrogen and oxygen atoms in total. The molecule has 2 bridgehead atoms. The number of benzene rings is 2. The van der Waals surface area contributed by atoms with Crippen molar-refractivity contribution in [3.8, 4) is 11.1 Å². The highest BCUT2D eigenvalue weighted by molar-refractivity contribution is 6.05. The fraction of sp³-hybridized carbons (Fsp3) is 0.318. The lowest BCUT2D eigenvalue weighted by atomic mass is 9.84. The second-order valence-corrected chi connectivity index (χ2v) is 7.81. The largest absolute Gasteiger partial charge is 0.412 e. The van der Waals surface area contributed by atoms with Crippen LogP contribution in [0.2, 0.25) is 0 Å². The lowest BCUT2D eigenvalue weighted by molar-refractivity contribution is 0.0518. The summed E-state index contributed by atoms with van der Waals surface area (Å²) in [6, 6.07) is 16.2. The van der Waals surface area contributed by atoms with E-state index in [-0.39, 0.29) is 11.7 Å². The van der Waals surface area contributed by atoms with E-state index in [1.807, 2.05) is 35.0 Å². The molecule has 29 heavy (non-hydrogen) atoms. The van der Waals surface area contributed by atoms with Crippen molar-refractivity contribution in [2.24, 2.45) is 11.7 Å². The molecule has 0 aliphatic carbocycles. The van der Waals surface area contributed by atoms with Gasteiger partial charge in [0.15, 0.2) is 5.69 Å². The average Bonchev–Trinajstić information content (AvgIpc) is 3.13. The molecule has 1 aromatic heterocycles. The lowest BCUT2D eigenvalue weighted by Crippen LogP contribution is -2.48. The molecule has 0 spiro atoms. The van der Waals surface area contributed by atoms with Crippen molar-refractivity contribution >= 4 is 23.0 Å². The van der Waals surface area contributed by atoms with Crippen LogP contribution in [0.3, 0.4) is 0 Å². The Bertz CT molecular complexity index is 1080. The third kappa shape index (κ3) is 3.17.